The summed E-state index contributed by atoms with van der Waals surface area (Å²) in [5.74, 6) is -1.14. The molecule has 0 radical (unpaired) electrons. The van der Waals surface area contributed by atoms with E-state index >= 15 is 0 Å². The molecule has 0 aliphatic rings. The topological polar surface area (TPSA) is 69.7 Å². The second-order valence-electron chi connectivity index (χ2n) is 5.49. The maximum absolute atomic E-state index is 12.0. The second kappa shape index (κ2) is 6.37. The largest absolute Gasteiger partial charge is 0.465 e. The maximum atomic E-state index is 12.0. The lowest BCUT2D eigenvalue weighted by Gasteiger charge is -2.23. The molecule has 0 spiro atoms. The zero-order valence-electron chi connectivity index (χ0n) is 12.0. The smallest absolute Gasteiger partial charge is 0.316 e. The molecule has 0 heterocycles. The third-order valence-electron chi connectivity index (χ3n) is 2.09. The Labute approximate surface area is 109 Å². The molecule has 5 nitrogen and oxygen atoms in total. The summed E-state index contributed by atoms with van der Waals surface area (Å²) in [6, 6.07) is 0. The monoisotopic (exact) mass is 278 g/mol. The van der Waals surface area contributed by atoms with Crippen LogP contribution in [0.1, 0.15) is 34.1 Å². The average molecular weight is 278 g/mol. The van der Waals surface area contributed by atoms with Crippen molar-refractivity contribution in [2.45, 2.75) is 45.4 Å². The Morgan fingerprint density at radius 1 is 1.22 bits per heavy atom. The van der Waals surface area contributed by atoms with Crippen LogP contribution in [0.2, 0.25) is 0 Å². The number of esters is 2. The maximum Gasteiger partial charge on any atom is 0.316 e. The highest BCUT2D eigenvalue weighted by Gasteiger charge is 2.35. The number of carbonyl (C=O) groups is 2. The van der Waals surface area contributed by atoms with E-state index in [9.17, 15) is 14.2 Å². The van der Waals surface area contributed by atoms with Gasteiger partial charge in [0.2, 0.25) is 0 Å². The van der Waals surface area contributed by atoms with Crippen LogP contribution in [0.4, 0.5) is 0 Å². The van der Waals surface area contributed by atoms with Crippen LogP contribution in [0.5, 0.6) is 0 Å². The first-order valence-electron chi connectivity index (χ1n) is 5.90. The Balaban J connectivity index is 4.77. The van der Waals surface area contributed by atoms with Gasteiger partial charge in [0.05, 0.1) is 20.2 Å². The van der Waals surface area contributed by atoms with Crippen molar-refractivity contribution in [1.82, 2.24) is 0 Å². The molecule has 0 aliphatic heterocycles. The van der Waals surface area contributed by atoms with Crippen LogP contribution in [-0.4, -0.2) is 43.1 Å². The van der Waals surface area contributed by atoms with E-state index in [0.717, 1.165) is 0 Å². The Bertz CT molecular complexity index is 350. The highest BCUT2D eigenvalue weighted by atomic mass is 31.2. The first-order valence-corrected chi connectivity index (χ1v) is 8.57. The van der Waals surface area contributed by atoms with Crippen LogP contribution in [0.25, 0.3) is 0 Å². The summed E-state index contributed by atoms with van der Waals surface area (Å²) in [6.45, 7) is 10.0. The summed E-state index contributed by atoms with van der Waals surface area (Å²) >= 11 is 0. The molecule has 1 unspecified atom stereocenters. The van der Waals surface area contributed by atoms with E-state index in [1.54, 1.807) is 27.7 Å². The lowest BCUT2D eigenvalue weighted by atomic mass is 10.2. The summed E-state index contributed by atoms with van der Waals surface area (Å²) in [5, 5.41) is 0. The predicted molar refractivity (Wildman–Crippen MR) is 70.3 cm³/mol. The Hall–Kier alpha value is -0.830. The number of hydrogen-bond acceptors (Lipinski definition) is 5. The van der Waals surface area contributed by atoms with Crippen molar-refractivity contribution in [2.24, 2.45) is 0 Å². The van der Waals surface area contributed by atoms with E-state index in [1.165, 1.54) is 13.3 Å². The predicted octanol–water partition coefficient (Wildman–Crippen LogP) is 2.27. The minimum absolute atomic E-state index is 0.198. The van der Waals surface area contributed by atoms with Crippen molar-refractivity contribution in [3.05, 3.63) is 0 Å². The van der Waals surface area contributed by atoms with Crippen LogP contribution in [0.3, 0.4) is 0 Å². The normalized spacial score (nSPS) is 13.9. The molecule has 0 rings (SSSR count). The van der Waals surface area contributed by atoms with Gasteiger partial charge in [-0.1, -0.05) is 0 Å². The molecule has 0 aromatic rings. The molecule has 1 atom stereocenters. The quantitative estimate of drug-likeness (QED) is 0.570. The standard InChI is InChI=1S/C12H23O5P/c1-7-16-11(14)9(18(5,6)15)8-10(13)17-12(2,3)4/h9H,7-8H2,1-6H3. The molecule has 0 saturated heterocycles. The van der Waals surface area contributed by atoms with Gasteiger partial charge in [-0.05, 0) is 41.0 Å². The summed E-state index contributed by atoms with van der Waals surface area (Å²) < 4.78 is 22.0. The van der Waals surface area contributed by atoms with Crippen molar-refractivity contribution >= 4 is 19.1 Å². The summed E-state index contributed by atoms with van der Waals surface area (Å²) in [5.41, 5.74) is -1.55. The zero-order valence-corrected chi connectivity index (χ0v) is 12.9. The fraction of sp³-hybridized carbons (Fsp3) is 0.833. The van der Waals surface area contributed by atoms with Gasteiger partial charge in [0.1, 0.15) is 11.3 Å². The molecular weight excluding hydrogens is 255 g/mol. The van der Waals surface area contributed by atoms with Crippen molar-refractivity contribution < 1.29 is 23.6 Å². The van der Waals surface area contributed by atoms with Gasteiger partial charge in [0, 0.05) is 0 Å². The lowest BCUT2D eigenvalue weighted by Crippen LogP contribution is -2.31. The van der Waals surface area contributed by atoms with Gasteiger partial charge in [-0.25, -0.2) is 0 Å². The number of rotatable bonds is 5. The van der Waals surface area contributed by atoms with E-state index in [1.807, 2.05) is 0 Å². The molecule has 0 aliphatic carbocycles. The minimum atomic E-state index is -2.76. The second-order valence-corrected chi connectivity index (χ2v) is 8.98. The molecule has 6 heteroatoms. The van der Waals surface area contributed by atoms with Gasteiger partial charge in [0.25, 0.3) is 0 Å². The SMILES string of the molecule is CCOC(=O)C(CC(=O)OC(C)(C)C)P(C)(C)=O. The molecule has 0 N–H and O–H groups in total. The third kappa shape index (κ3) is 6.80. The zero-order chi connectivity index (χ0) is 14.6. The highest BCUT2D eigenvalue weighted by molar-refractivity contribution is 7.64. The third-order valence-corrected chi connectivity index (χ3v) is 3.98. The fourth-order valence-electron chi connectivity index (χ4n) is 1.34. The van der Waals surface area contributed by atoms with E-state index in [2.05, 4.69) is 0 Å². The van der Waals surface area contributed by atoms with Crippen molar-refractivity contribution in [1.29, 1.82) is 0 Å². The van der Waals surface area contributed by atoms with Gasteiger partial charge < -0.3 is 14.0 Å². The molecule has 0 aromatic heterocycles. The molecular formula is C12H23O5P. The molecule has 106 valence electrons. The summed E-state index contributed by atoms with van der Waals surface area (Å²) in [6.07, 6.45) is -0.208. The van der Waals surface area contributed by atoms with E-state index in [4.69, 9.17) is 9.47 Å². The number of carbonyl (C=O) groups excluding carboxylic acids is 2. The summed E-state index contributed by atoms with van der Waals surface area (Å²) in [4.78, 5) is 23.4. The van der Waals surface area contributed by atoms with Crippen molar-refractivity contribution in [3.63, 3.8) is 0 Å². The fourth-order valence-corrected chi connectivity index (χ4v) is 2.51. The first kappa shape index (κ1) is 17.2. The van der Waals surface area contributed by atoms with Crippen LogP contribution < -0.4 is 0 Å². The lowest BCUT2D eigenvalue weighted by molar-refractivity contribution is -0.157. The van der Waals surface area contributed by atoms with E-state index < -0.39 is 30.3 Å². The number of hydrogen-bond donors (Lipinski definition) is 0. The Morgan fingerprint density at radius 3 is 2.06 bits per heavy atom. The Kier molecular flexibility index (Phi) is 6.08. The van der Waals surface area contributed by atoms with Crippen LogP contribution >= 0.6 is 7.14 Å². The summed E-state index contributed by atoms with van der Waals surface area (Å²) in [7, 11) is -2.76. The molecule has 0 aromatic carbocycles. The van der Waals surface area contributed by atoms with E-state index in [-0.39, 0.29) is 13.0 Å². The first-order chi connectivity index (χ1) is 7.97. The van der Waals surface area contributed by atoms with E-state index in [0.29, 0.717) is 0 Å². The van der Waals surface area contributed by atoms with Crippen molar-refractivity contribution in [3.8, 4) is 0 Å². The minimum Gasteiger partial charge on any atom is -0.465 e. The van der Waals surface area contributed by atoms with Gasteiger partial charge >= 0.3 is 11.9 Å². The van der Waals surface area contributed by atoms with Gasteiger partial charge in [-0.2, -0.15) is 0 Å². The van der Waals surface area contributed by atoms with Crippen LogP contribution in [-0.2, 0) is 23.6 Å². The molecule has 0 bridgehead atoms. The van der Waals surface area contributed by atoms with Gasteiger partial charge in [0.15, 0.2) is 0 Å². The van der Waals surface area contributed by atoms with Gasteiger partial charge in [-0.15, -0.1) is 0 Å². The van der Waals surface area contributed by atoms with Crippen LogP contribution in [0, 0.1) is 0 Å². The molecule has 0 saturated carbocycles. The van der Waals surface area contributed by atoms with Crippen molar-refractivity contribution in [2.75, 3.05) is 19.9 Å². The van der Waals surface area contributed by atoms with Gasteiger partial charge in [-0.3, -0.25) is 9.59 Å². The molecule has 0 fully saturated rings. The molecule has 0 amide bonds. The average Bonchev–Trinajstić information content (AvgIpc) is 2.09. The van der Waals surface area contributed by atoms with Crippen LogP contribution in [0.15, 0.2) is 0 Å². The number of ether oxygens (including phenoxy) is 2. The Morgan fingerprint density at radius 2 is 1.72 bits per heavy atom. The highest BCUT2D eigenvalue weighted by Crippen LogP contribution is 2.45. The molecule has 18 heavy (non-hydrogen) atoms.